The fourth-order valence-corrected chi connectivity index (χ4v) is 2.48. The Kier molecular flexibility index (Phi) is 8.57. The molecule has 0 aliphatic heterocycles. The number of nitrogens with zero attached hydrogens (tertiary/aromatic N) is 1. The van der Waals surface area contributed by atoms with E-state index in [1.807, 2.05) is 24.3 Å². The van der Waals surface area contributed by atoms with Gasteiger partial charge in [0.25, 0.3) is 5.91 Å². The van der Waals surface area contributed by atoms with Crippen LogP contribution in [0.4, 0.5) is 0 Å². The lowest BCUT2D eigenvalue weighted by Crippen LogP contribution is -2.29. The molecule has 4 N–H and O–H groups in total. The van der Waals surface area contributed by atoms with Gasteiger partial charge >= 0.3 is 0 Å². The minimum absolute atomic E-state index is 0.0220. The Morgan fingerprint density at radius 1 is 1.11 bits per heavy atom. The molecule has 0 radical (unpaired) electrons. The monoisotopic (exact) mass is 379 g/mol. The van der Waals surface area contributed by atoms with Gasteiger partial charge in [-0.05, 0) is 54.8 Å². The zero-order valence-electron chi connectivity index (χ0n) is 15.7. The number of benzene rings is 2. The Hall–Kier alpha value is -3.30. The topological polar surface area (TPSA) is 108 Å². The zero-order chi connectivity index (χ0) is 20.2. The van der Waals surface area contributed by atoms with Crippen LogP contribution in [0.2, 0.25) is 0 Å². The molecule has 0 fully saturated rings. The fraction of sp³-hybridized carbons (Fsp3) is 0.273. The van der Waals surface area contributed by atoms with Crippen LogP contribution in [-0.4, -0.2) is 30.7 Å². The highest BCUT2D eigenvalue weighted by Crippen LogP contribution is 2.27. The van der Waals surface area contributed by atoms with Crippen molar-refractivity contribution in [1.82, 2.24) is 5.32 Å². The average Bonchev–Trinajstić information content (AvgIpc) is 2.72. The molecule has 0 atom stereocenters. The van der Waals surface area contributed by atoms with E-state index < -0.39 is 0 Å². The van der Waals surface area contributed by atoms with Gasteiger partial charge in [-0.1, -0.05) is 36.8 Å². The van der Waals surface area contributed by atoms with E-state index >= 15 is 0 Å². The van der Waals surface area contributed by atoms with E-state index in [1.54, 1.807) is 24.3 Å². The lowest BCUT2D eigenvalue weighted by atomic mass is 10.1. The second kappa shape index (κ2) is 11.4. The minimum atomic E-state index is -0.231. The van der Waals surface area contributed by atoms with Crippen LogP contribution < -0.4 is 15.8 Å². The molecule has 0 saturated heterocycles. The number of hydrogen-bond donors (Lipinski definition) is 3. The number of aromatic hydroxyl groups is 1. The van der Waals surface area contributed by atoms with E-state index in [4.69, 9.17) is 15.7 Å². The van der Waals surface area contributed by atoms with Crippen LogP contribution in [0.1, 0.15) is 36.0 Å². The maximum atomic E-state index is 11.8. The van der Waals surface area contributed by atoms with Crippen molar-refractivity contribution in [3.05, 3.63) is 59.2 Å². The number of nitriles is 1. The van der Waals surface area contributed by atoms with Gasteiger partial charge in [0.2, 0.25) is 0 Å². The molecular formula is C22H25N3O3. The van der Waals surface area contributed by atoms with Crippen molar-refractivity contribution in [3.63, 3.8) is 0 Å². The number of carbonyl (C=O) groups is 1. The third-order valence-corrected chi connectivity index (χ3v) is 4.05. The Morgan fingerprint density at radius 3 is 2.54 bits per heavy atom. The third kappa shape index (κ3) is 7.14. The normalized spacial score (nSPS) is 10.6. The van der Waals surface area contributed by atoms with Gasteiger partial charge < -0.3 is 20.9 Å². The molecule has 146 valence electrons. The molecular weight excluding hydrogens is 354 g/mol. The number of nitrogens with one attached hydrogen (secondary N) is 1. The standard InChI is InChI=1S/C22H25N3O3/c23-12-2-1-3-13-25-22(27)16-28-21-14-18(10-11-20(21)26)7-4-17-5-8-19(15-24)9-6-17/h4-11,14,26H,1-3,12-13,16,23H2,(H,25,27)/b7-4+. The van der Waals surface area contributed by atoms with Crippen LogP contribution in [-0.2, 0) is 4.79 Å². The summed E-state index contributed by atoms with van der Waals surface area (Å²) in [6, 6.07) is 14.2. The van der Waals surface area contributed by atoms with E-state index in [9.17, 15) is 9.90 Å². The van der Waals surface area contributed by atoms with Crippen molar-refractivity contribution in [3.8, 4) is 17.6 Å². The summed E-state index contributed by atoms with van der Waals surface area (Å²) in [5, 5.41) is 21.5. The molecule has 2 aromatic carbocycles. The first kappa shape index (κ1) is 21.0. The summed E-state index contributed by atoms with van der Waals surface area (Å²) >= 11 is 0. The number of carbonyl (C=O) groups excluding carboxylic acids is 1. The lowest BCUT2D eigenvalue weighted by molar-refractivity contribution is -0.123. The van der Waals surface area contributed by atoms with E-state index in [0.717, 1.165) is 30.4 Å². The second-order valence-electron chi connectivity index (χ2n) is 6.28. The minimum Gasteiger partial charge on any atom is -0.504 e. The predicted octanol–water partition coefficient (Wildman–Crippen LogP) is 3.06. The van der Waals surface area contributed by atoms with Gasteiger partial charge in [-0.3, -0.25) is 4.79 Å². The van der Waals surface area contributed by atoms with Gasteiger partial charge in [0.1, 0.15) is 0 Å². The Labute approximate surface area is 165 Å². The number of ether oxygens (including phenoxy) is 1. The highest BCUT2D eigenvalue weighted by molar-refractivity contribution is 5.77. The maximum absolute atomic E-state index is 11.8. The molecule has 2 rings (SSSR count). The summed E-state index contributed by atoms with van der Waals surface area (Å²) in [5.74, 6) is -0.00259. The number of phenolic OH excluding ortho intramolecular Hbond substituents is 1. The second-order valence-corrected chi connectivity index (χ2v) is 6.28. The number of rotatable bonds is 10. The molecule has 0 aromatic heterocycles. The van der Waals surface area contributed by atoms with Crippen LogP contribution in [0.15, 0.2) is 42.5 Å². The summed E-state index contributed by atoms with van der Waals surface area (Å²) in [6.45, 7) is 1.08. The van der Waals surface area contributed by atoms with E-state index in [2.05, 4.69) is 11.4 Å². The lowest BCUT2D eigenvalue weighted by Gasteiger charge is -2.09. The van der Waals surface area contributed by atoms with E-state index in [-0.39, 0.29) is 24.0 Å². The zero-order valence-corrected chi connectivity index (χ0v) is 15.7. The first-order chi connectivity index (χ1) is 13.6. The van der Waals surface area contributed by atoms with E-state index in [0.29, 0.717) is 18.7 Å². The molecule has 6 nitrogen and oxygen atoms in total. The van der Waals surface area contributed by atoms with Gasteiger partial charge in [0, 0.05) is 6.54 Å². The Morgan fingerprint density at radius 2 is 1.82 bits per heavy atom. The van der Waals surface area contributed by atoms with Crippen molar-refractivity contribution in [2.24, 2.45) is 5.73 Å². The summed E-state index contributed by atoms with van der Waals surface area (Å²) in [4.78, 5) is 11.8. The molecule has 0 unspecified atom stereocenters. The molecule has 1 amide bonds. The molecule has 0 heterocycles. The van der Waals surface area contributed by atoms with Crippen LogP contribution >= 0.6 is 0 Å². The number of unbranched alkanes of at least 4 members (excludes halogenated alkanes) is 2. The number of hydrogen-bond acceptors (Lipinski definition) is 5. The highest BCUT2D eigenvalue weighted by Gasteiger charge is 2.07. The van der Waals surface area contributed by atoms with Crippen molar-refractivity contribution in [2.45, 2.75) is 19.3 Å². The maximum Gasteiger partial charge on any atom is 0.257 e. The third-order valence-electron chi connectivity index (χ3n) is 4.05. The van der Waals surface area contributed by atoms with Crippen molar-refractivity contribution >= 4 is 18.1 Å². The van der Waals surface area contributed by atoms with Crippen LogP contribution in [0, 0.1) is 11.3 Å². The molecule has 0 aliphatic rings. The molecule has 0 bridgehead atoms. The summed E-state index contributed by atoms with van der Waals surface area (Å²) in [5.41, 5.74) is 7.80. The molecule has 0 spiro atoms. The molecule has 2 aromatic rings. The van der Waals surface area contributed by atoms with Crippen molar-refractivity contribution in [1.29, 1.82) is 5.26 Å². The molecule has 0 saturated carbocycles. The first-order valence-electron chi connectivity index (χ1n) is 9.23. The SMILES string of the molecule is N#Cc1ccc(/C=C/c2ccc(O)c(OCC(=O)NCCCCCN)c2)cc1. The van der Waals surface area contributed by atoms with Gasteiger partial charge in [-0.25, -0.2) is 0 Å². The molecule has 0 aliphatic carbocycles. The predicted molar refractivity (Wildman–Crippen MR) is 110 cm³/mol. The van der Waals surface area contributed by atoms with Gasteiger partial charge in [-0.2, -0.15) is 5.26 Å². The number of nitrogens with two attached hydrogens (primary N) is 1. The smallest absolute Gasteiger partial charge is 0.257 e. The number of phenols is 1. The molecule has 28 heavy (non-hydrogen) atoms. The Balaban J connectivity index is 1.88. The van der Waals surface area contributed by atoms with Crippen LogP contribution in [0.25, 0.3) is 12.2 Å². The Bertz CT molecular complexity index is 839. The van der Waals surface area contributed by atoms with Crippen molar-refractivity contribution in [2.75, 3.05) is 19.7 Å². The largest absolute Gasteiger partial charge is 0.504 e. The summed E-state index contributed by atoms with van der Waals surface area (Å²) in [6.07, 6.45) is 6.56. The number of amides is 1. The van der Waals surface area contributed by atoms with Crippen LogP contribution in [0.5, 0.6) is 11.5 Å². The average molecular weight is 379 g/mol. The fourth-order valence-electron chi connectivity index (χ4n) is 2.48. The van der Waals surface area contributed by atoms with Crippen molar-refractivity contribution < 1.29 is 14.6 Å². The highest BCUT2D eigenvalue weighted by atomic mass is 16.5. The quantitative estimate of drug-likeness (QED) is 0.434. The van der Waals surface area contributed by atoms with Gasteiger partial charge in [0.15, 0.2) is 18.1 Å². The van der Waals surface area contributed by atoms with Gasteiger partial charge in [-0.15, -0.1) is 0 Å². The van der Waals surface area contributed by atoms with E-state index in [1.165, 1.54) is 6.07 Å². The first-order valence-corrected chi connectivity index (χ1v) is 9.23. The summed E-state index contributed by atoms with van der Waals surface area (Å²) < 4.78 is 5.45. The van der Waals surface area contributed by atoms with Crippen LogP contribution in [0.3, 0.4) is 0 Å². The van der Waals surface area contributed by atoms with Gasteiger partial charge in [0.05, 0.1) is 11.6 Å². The summed E-state index contributed by atoms with van der Waals surface area (Å²) in [7, 11) is 0. The molecule has 6 heteroatoms.